The molecular formula is C72H64Br3N3. The Balaban J connectivity index is 0.984. The van der Waals surface area contributed by atoms with E-state index in [2.05, 4.69) is 284 Å². The van der Waals surface area contributed by atoms with Crippen molar-refractivity contribution in [2.45, 2.75) is 96.3 Å². The Kier molecular flexibility index (Phi) is 15.3. The Bertz CT molecular complexity index is 3670. The van der Waals surface area contributed by atoms with Crippen LogP contribution >= 0.6 is 47.8 Å². The van der Waals surface area contributed by atoms with Crippen LogP contribution in [0.5, 0.6) is 0 Å². The van der Waals surface area contributed by atoms with E-state index < -0.39 is 0 Å². The molecule has 0 amide bonds. The molecule has 0 saturated heterocycles. The lowest BCUT2D eigenvalue weighted by molar-refractivity contribution is 0.353. The van der Waals surface area contributed by atoms with Crippen LogP contribution < -0.4 is 0 Å². The van der Waals surface area contributed by atoms with E-state index in [1.807, 2.05) is 18.6 Å². The summed E-state index contributed by atoms with van der Waals surface area (Å²) in [6, 6.07) is 69.2. The summed E-state index contributed by atoms with van der Waals surface area (Å²) < 4.78 is 3.18. The van der Waals surface area contributed by atoms with E-state index in [4.69, 9.17) is 15.0 Å². The highest BCUT2D eigenvalue weighted by Crippen LogP contribution is 2.54. The smallest absolute Gasteiger partial charge is 0.0705 e. The van der Waals surface area contributed by atoms with Crippen molar-refractivity contribution in [3.8, 4) is 78.3 Å². The first kappa shape index (κ1) is 53.4. The van der Waals surface area contributed by atoms with Gasteiger partial charge < -0.3 is 0 Å². The molecule has 10 aromatic rings. The minimum Gasteiger partial charge on any atom is -0.256 e. The number of aromatic nitrogens is 3. The minimum absolute atomic E-state index is 0.0250. The fourth-order valence-corrected chi connectivity index (χ4v) is 13.6. The summed E-state index contributed by atoms with van der Waals surface area (Å²) in [5, 5.41) is 0. The van der Waals surface area contributed by atoms with Crippen LogP contribution in [0.4, 0.5) is 0 Å². The van der Waals surface area contributed by atoms with Crippen molar-refractivity contribution in [1.82, 2.24) is 15.0 Å². The van der Waals surface area contributed by atoms with Gasteiger partial charge >= 0.3 is 0 Å². The zero-order valence-electron chi connectivity index (χ0n) is 45.5. The van der Waals surface area contributed by atoms with E-state index in [0.717, 1.165) is 72.0 Å². The number of hydrogen-bond acceptors (Lipinski definition) is 3. The predicted octanol–water partition coefficient (Wildman–Crippen LogP) is 21.6. The number of hydrogen-bond donors (Lipinski definition) is 0. The molecule has 3 heterocycles. The van der Waals surface area contributed by atoms with Gasteiger partial charge in [0.2, 0.25) is 0 Å². The van der Waals surface area contributed by atoms with Gasteiger partial charge in [-0.3, -0.25) is 15.0 Å². The van der Waals surface area contributed by atoms with Crippen LogP contribution in [-0.2, 0) is 10.8 Å². The fourth-order valence-electron chi connectivity index (χ4n) is 11.8. The van der Waals surface area contributed by atoms with Crippen LogP contribution in [0.3, 0.4) is 0 Å². The maximum absolute atomic E-state index is 4.99. The molecule has 78 heavy (non-hydrogen) atoms. The maximum atomic E-state index is 4.99. The molecule has 0 bridgehead atoms. The largest absolute Gasteiger partial charge is 0.256 e. The molecule has 0 spiro atoms. The van der Waals surface area contributed by atoms with Gasteiger partial charge in [-0.1, -0.05) is 229 Å². The third-order valence-corrected chi connectivity index (χ3v) is 18.0. The topological polar surface area (TPSA) is 38.7 Å². The summed E-state index contributed by atoms with van der Waals surface area (Å²) in [7, 11) is 0. The van der Waals surface area contributed by atoms with Crippen LogP contribution in [0, 0.1) is 6.92 Å². The second-order valence-electron chi connectivity index (χ2n) is 23.3. The number of aryl methyl sites for hydroxylation is 1. The first-order valence-corrected chi connectivity index (χ1v) is 29.6. The zero-order valence-corrected chi connectivity index (χ0v) is 50.2. The lowest BCUT2D eigenvalue weighted by Crippen LogP contribution is -2.21. The number of pyridine rings is 3. The molecule has 0 aliphatic heterocycles. The zero-order chi connectivity index (χ0) is 54.3. The lowest BCUT2D eigenvalue weighted by Gasteiger charge is -2.38. The first-order valence-electron chi connectivity index (χ1n) is 27.2. The van der Waals surface area contributed by atoms with E-state index in [0.29, 0.717) is 0 Å². The van der Waals surface area contributed by atoms with Crippen LogP contribution in [0.25, 0.3) is 78.3 Å². The van der Waals surface area contributed by atoms with Crippen molar-refractivity contribution in [1.29, 1.82) is 0 Å². The number of halogens is 3. The van der Waals surface area contributed by atoms with Crippen molar-refractivity contribution in [3.05, 3.63) is 253 Å². The molecule has 11 rings (SSSR count). The molecule has 1 fully saturated rings. The normalized spacial score (nSPS) is 15.8. The highest BCUT2D eigenvalue weighted by atomic mass is 79.9. The van der Waals surface area contributed by atoms with Gasteiger partial charge in [-0.15, -0.1) is 0 Å². The van der Waals surface area contributed by atoms with Crippen molar-refractivity contribution in [2.24, 2.45) is 0 Å². The quantitative estimate of drug-likeness (QED) is 0.137. The van der Waals surface area contributed by atoms with E-state index >= 15 is 0 Å². The average Bonchev–Trinajstić information content (AvgIpc) is 3.49. The maximum Gasteiger partial charge on any atom is 0.0705 e. The molecule has 1 saturated carbocycles. The van der Waals surface area contributed by atoms with Gasteiger partial charge in [-0.2, -0.15) is 0 Å². The number of rotatable bonds is 10. The molecule has 388 valence electrons. The van der Waals surface area contributed by atoms with E-state index in [1.165, 1.54) is 72.3 Å². The summed E-state index contributed by atoms with van der Waals surface area (Å²) in [4.78, 5) is 14.7. The van der Waals surface area contributed by atoms with Crippen LogP contribution in [0.15, 0.2) is 220 Å². The Morgan fingerprint density at radius 2 is 0.705 bits per heavy atom. The Morgan fingerprint density at radius 3 is 1.06 bits per heavy atom. The third kappa shape index (κ3) is 11.2. The molecule has 1 aliphatic carbocycles. The van der Waals surface area contributed by atoms with Gasteiger partial charge in [0, 0.05) is 54.3 Å². The molecule has 0 radical (unpaired) electrons. The molecule has 3 nitrogen and oxygen atoms in total. The molecule has 1 aliphatic rings. The highest BCUT2D eigenvalue weighted by molar-refractivity contribution is 9.11. The summed E-state index contributed by atoms with van der Waals surface area (Å²) in [5.74, 6) is 0.772. The van der Waals surface area contributed by atoms with Crippen LogP contribution in [-0.4, -0.2) is 15.0 Å². The summed E-state index contributed by atoms with van der Waals surface area (Å²) in [6.07, 6.45) is 8.93. The second kappa shape index (κ2) is 22.3. The fraction of sp³-hybridized carbons (Fsp3) is 0.208. The molecule has 7 aromatic carbocycles. The summed E-state index contributed by atoms with van der Waals surface area (Å²) in [5.41, 5.74) is 23.8. The minimum atomic E-state index is 0.0250. The van der Waals surface area contributed by atoms with Gasteiger partial charge in [0.1, 0.15) is 0 Å². The molecule has 0 N–H and O–H groups in total. The second-order valence-corrected chi connectivity index (χ2v) is 25.8. The predicted molar refractivity (Wildman–Crippen MR) is 338 cm³/mol. The number of nitrogens with zero attached hydrogens (tertiary/aromatic N) is 3. The van der Waals surface area contributed by atoms with E-state index in [9.17, 15) is 0 Å². The van der Waals surface area contributed by atoms with Crippen molar-refractivity contribution >= 4 is 47.8 Å². The monoisotopic (exact) mass is 1210 g/mol. The van der Waals surface area contributed by atoms with Gasteiger partial charge in [-0.25, -0.2) is 0 Å². The lowest BCUT2D eigenvalue weighted by atomic mass is 9.66. The molecule has 6 heteroatoms. The third-order valence-electron chi connectivity index (χ3n) is 16.0. The molecule has 2 unspecified atom stereocenters. The Morgan fingerprint density at radius 1 is 0.346 bits per heavy atom. The van der Waals surface area contributed by atoms with Crippen molar-refractivity contribution in [3.63, 3.8) is 0 Å². The summed E-state index contributed by atoms with van der Waals surface area (Å²) >= 11 is 12.3. The Labute approximate surface area is 487 Å². The molecule has 2 atom stereocenters. The van der Waals surface area contributed by atoms with E-state index in [1.54, 1.807) is 0 Å². The highest BCUT2D eigenvalue weighted by Gasteiger charge is 2.35. The van der Waals surface area contributed by atoms with Gasteiger partial charge in [0.15, 0.2) is 0 Å². The van der Waals surface area contributed by atoms with Crippen molar-refractivity contribution < 1.29 is 0 Å². The standard InChI is InChI=1S/C72H64Br3N3/c1-45-35-68(78-44-64(45)46-17-9-8-10-18-46)47-25-28-61(65(73)39-47)58-22-14-11-19-55(58)50-36-51(56-20-12-15-23-59(56)62-29-26-48(40-66(62)74)69-42-53(31-33-76-69)71(2,3)4)38-52(37-50)57-21-13-16-24-60(57)63-30-27-49(41-67(63)75)70-43-54(32-34-77-70)72(5,6)7/h8-35,39-44,50-52H,36-38H2,1-7H3. The van der Waals surface area contributed by atoms with Crippen LogP contribution in [0.1, 0.15) is 112 Å². The van der Waals surface area contributed by atoms with E-state index in [-0.39, 0.29) is 28.6 Å². The van der Waals surface area contributed by atoms with Gasteiger partial charge in [0.05, 0.1) is 17.1 Å². The Hall–Kier alpha value is -6.57. The average molecular weight is 1210 g/mol. The number of benzene rings is 7. The SMILES string of the molecule is Cc1cc(-c2ccc(-c3ccccc3C3CC(c4ccccc4-c4ccc(-c5cc(C(C)(C)C)ccn5)cc4Br)CC(c4ccccc4-c4ccc(-c5cc(C(C)(C)C)ccn5)cc4Br)C3)c(Br)c2)ncc1-c1ccccc1. The molecule has 3 aromatic heterocycles. The first-order chi connectivity index (χ1) is 37.6. The van der Waals surface area contributed by atoms with Gasteiger partial charge in [0.25, 0.3) is 0 Å². The summed E-state index contributed by atoms with van der Waals surface area (Å²) in [6.45, 7) is 15.7. The molecular weight excluding hydrogens is 1150 g/mol. The van der Waals surface area contributed by atoms with Crippen LogP contribution in [0.2, 0.25) is 0 Å². The van der Waals surface area contributed by atoms with Gasteiger partial charge in [-0.05, 0) is 176 Å². The van der Waals surface area contributed by atoms with Crippen molar-refractivity contribution in [2.75, 3.05) is 0 Å².